The van der Waals surface area contributed by atoms with Gasteiger partial charge in [0, 0.05) is 5.97 Å². The largest absolute Gasteiger partial charge is 0.550 e. The number of carboxylic acids is 1. The Morgan fingerprint density at radius 2 is 1.38 bits per heavy atom. The topological polar surface area (TPSA) is 66.4 Å². The molecule has 0 aliphatic rings. The fourth-order valence-corrected chi connectivity index (χ4v) is 1.07. The van der Waals surface area contributed by atoms with Gasteiger partial charge in [0.15, 0.2) is 0 Å². The second kappa shape index (κ2) is 5.64. The molecule has 0 aliphatic heterocycles. The Labute approximate surface area is 111 Å². The van der Waals surface area contributed by atoms with Crippen molar-refractivity contribution < 1.29 is 54.6 Å². The van der Waals surface area contributed by atoms with E-state index in [9.17, 15) is 49.8 Å². The molecule has 0 radical (unpaired) electrons. The molecule has 0 spiro atoms. The maximum absolute atomic E-state index is 13.0. The van der Waals surface area contributed by atoms with Crippen LogP contribution in [0, 0.1) is 0 Å². The zero-order valence-corrected chi connectivity index (χ0v) is 10.1. The highest BCUT2D eigenvalue weighted by Crippen LogP contribution is 2.53. The van der Waals surface area contributed by atoms with Gasteiger partial charge in [-0.25, -0.2) is 4.79 Å². The third-order valence-electron chi connectivity index (χ3n) is 2.15. The van der Waals surface area contributed by atoms with E-state index in [-0.39, 0.29) is 0 Å². The molecule has 0 saturated heterocycles. The summed E-state index contributed by atoms with van der Waals surface area (Å²) >= 11 is 0. The molecule has 0 aromatic rings. The molecule has 0 rings (SSSR count). The molecule has 0 heterocycles. The van der Waals surface area contributed by atoms with E-state index in [2.05, 4.69) is 4.74 Å². The number of carboxylic acid groups (broad SMARTS) is 1. The van der Waals surface area contributed by atoms with Gasteiger partial charge >= 0.3 is 29.7 Å². The maximum atomic E-state index is 13.0. The van der Waals surface area contributed by atoms with Crippen LogP contribution < -0.4 is 5.11 Å². The Kier molecular flexibility index (Phi) is 5.20. The second-order valence-corrected chi connectivity index (χ2v) is 3.70. The predicted octanol–water partition coefficient (Wildman–Crippen LogP) is 1.23. The molecule has 0 fully saturated rings. The van der Waals surface area contributed by atoms with Gasteiger partial charge in [-0.15, -0.1) is 0 Å². The fourth-order valence-electron chi connectivity index (χ4n) is 1.07. The summed E-state index contributed by atoms with van der Waals surface area (Å²) in [5, 5.41) is 9.83. The van der Waals surface area contributed by atoms with Gasteiger partial charge in [0.1, 0.15) is 0 Å². The van der Waals surface area contributed by atoms with Crippen molar-refractivity contribution in [2.45, 2.75) is 37.0 Å². The highest BCUT2D eigenvalue weighted by atomic mass is 19.4. The van der Waals surface area contributed by atoms with Crippen LogP contribution in [-0.4, -0.2) is 42.2 Å². The molecular formula is C9H7F8O4-. The normalized spacial score (nSPS) is 14.0. The summed E-state index contributed by atoms with van der Waals surface area (Å²) in [5.41, 5.74) is 0. The summed E-state index contributed by atoms with van der Waals surface area (Å²) in [4.78, 5) is 20.4. The number of hydrogen-bond donors (Lipinski definition) is 0. The van der Waals surface area contributed by atoms with Gasteiger partial charge in [-0.1, -0.05) is 0 Å². The molecule has 0 amide bonds. The first kappa shape index (κ1) is 19.4. The molecule has 0 bridgehead atoms. The van der Waals surface area contributed by atoms with Gasteiger partial charge in [0.2, 0.25) is 0 Å². The van der Waals surface area contributed by atoms with Gasteiger partial charge in [-0.05, 0) is 6.92 Å². The smallest absolute Gasteiger partial charge is 0.410 e. The molecule has 0 N–H and O–H groups in total. The van der Waals surface area contributed by atoms with Crippen LogP contribution in [0.15, 0.2) is 0 Å². The van der Waals surface area contributed by atoms with Gasteiger partial charge in [0.05, 0.1) is 13.0 Å². The maximum Gasteiger partial charge on any atom is 0.410 e. The summed E-state index contributed by atoms with van der Waals surface area (Å²) in [7, 11) is 0. The van der Waals surface area contributed by atoms with Crippen LogP contribution in [0.1, 0.15) is 13.3 Å². The third kappa shape index (κ3) is 3.18. The van der Waals surface area contributed by atoms with Crippen LogP contribution in [0.2, 0.25) is 0 Å². The van der Waals surface area contributed by atoms with E-state index in [0.29, 0.717) is 0 Å². The van der Waals surface area contributed by atoms with E-state index in [1.165, 1.54) is 0 Å². The van der Waals surface area contributed by atoms with E-state index < -0.39 is 48.7 Å². The van der Waals surface area contributed by atoms with Crippen LogP contribution in [0.25, 0.3) is 0 Å². The number of ether oxygens (including phenoxy) is 1. The summed E-state index contributed by atoms with van der Waals surface area (Å²) in [5.74, 6) is -32.2. The number of hydrogen-bond acceptors (Lipinski definition) is 4. The van der Waals surface area contributed by atoms with Crippen molar-refractivity contribution in [3.63, 3.8) is 0 Å². The number of esters is 1. The Bertz CT molecular complexity index is 420. The van der Waals surface area contributed by atoms with Crippen molar-refractivity contribution in [3.8, 4) is 0 Å². The van der Waals surface area contributed by atoms with Crippen LogP contribution in [0.3, 0.4) is 0 Å². The van der Waals surface area contributed by atoms with Crippen LogP contribution in [0.4, 0.5) is 35.1 Å². The molecule has 21 heavy (non-hydrogen) atoms. The van der Waals surface area contributed by atoms with Crippen LogP contribution in [0.5, 0.6) is 0 Å². The highest BCUT2D eigenvalue weighted by molar-refractivity contribution is 5.79. The van der Waals surface area contributed by atoms with E-state index in [0.717, 1.165) is 6.92 Å². The lowest BCUT2D eigenvalue weighted by Gasteiger charge is -2.35. The molecule has 12 heteroatoms. The average Bonchev–Trinajstić information content (AvgIpc) is 2.26. The monoisotopic (exact) mass is 331 g/mol. The van der Waals surface area contributed by atoms with Gasteiger partial charge in [0.25, 0.3) is 0 Å². The molecule has 4 nitrogen and oxygen atoms in total. The summed E-state index contributed by atoms with van der Waals surface area (Å²) < 4.78 is 107. The second-order valence-electron chi connectivity index (χ2n) is 3.70. The van der Waals surface area contributed by atoms with Gasteiger partial charge < -0.3 is 14.6 Å². The molecule has 0 aromatic heterocycles. The Balaban J connectivity index is 5.75. The lowest BCUT2D eigenvalue weighted by Crippen LogP contribution is -2.65. The molecule has 0 aliphatic carbocycles. The lowest BCUT2D eigenvalue weighted by atomic mass is 9.96. The number of alkyl halides is 8. The van der Waals surface area contributed by atoms with Crippen molar-refractivity contribution >= 4 is 11.9 Å². The van der Waals surface area contributed by atoms with E-state index >= 15 is 0 Å². The summed E-state index contributed by atoms with van der Waals surface area (Å²) in [6.45, 7) is -0.0412. The minimum absolute atomic E-state index is 0.870. The standard InChI is InChI=1S/C9H8F8O4/c1-2-21-5(20)7(12,13)9(16,17)8(14,15)6(10,11)3-4(18)19/h2-3H2,1H3,(H,18,19)/p-1. The first-order valence-electron chi connectivity index (χ1n) is 5.03. The first-order valence-corrected chi connectivity index (χ1v) is 5.03. The third-order valence-corrected chi connectivity index (χ3v) is 2.15. The quantitative estimate of drug-likeness (QED) is 0.520. The summed E-state index contributed by atoms with van der Waals surface area (Å²) in [6.07, 6.45) is -2.95. The van der Waals surface area contributed by atoms with Crippen molar-refractivity contribution in [3.05, 3.63) is 0 Å². The van der Waals surface area contributed by atoms with Crippen molar-refractivity contribution in [2.24, 2.45) is 0 Å². The Morgan fingerprint density at radius 1 is 0.952 bits per heavy atom. The van der Waals surface area contributed by atoms with E-state index in [4.69, 9.17) is 0 Å². The lowest BCUT2D eigenvalue weighted by molar-refractivity contribution is -0.367. The zero-order valence-electron chi connectivity index (χ0n) is 10.1. The SMILES string of the molecule is CCOC(=O)C(F)(F)C(F)(F)C(F)(F)C(F)(F)CC(=O)[O-]. The van der Waals surface area contributed by atoms with Crippen LogP contribution >= 0.6 is 0 Å². The molecule has 0 saturated carbocycles. The average molecular weight is 331 g/mol. The number of carbonyl (C=O) groups is 2. The molecule has 0 unspecified atom stereocenters. The van der Waals surface area contributed by atoms with Crippen molar-refractivity contribution in [1.82, 2.24) is 0 Å². The number of rotatable bonds is 7. The highest BCUT2D eigenvalue weighted by Gasteiger charge is 2.83. The van der Waals surface area contributed by atoms with Gasteiger partial charge in [-0.3, -0.25) is 0 Å². The number of carbonyl (C=O) groups excluding carboxylic acids is 2. The summed E-state index contributed by atoms with van der Waals surface area (Å²) in [6, 6.07) is 0. The minimum Gasteiger partial charge on any atom is -0.550 e. The molecule has 0 aromatic carbocycles. The number of halogens is 8. The Morgan fingerprint density at radius 3 is 1.71 bits per heavy atom. The molecular weight excluding hydrogens is 324 g/mol. The van der Waals surface area contributed by atoms with E-state index in [1.807, 2.05) is 0 Å². The van der Waals surface area contributed by atoms with Crippen molar-refractivity contribution in [2.75, 3.05) is 6.61 Å². The first-order chi connectivity index (χ1) is 9.15. The fraction of sp³-hybridized carbons (Fsp3) is 0.778. The molecule has 0 atom stereocenters. The minimum atomic E-state index is -6.90. The molecule has 124 valence electrons. The van der Waals surface area contributed by atoms with Crippen molar-refractivity contribution in [1.29, 1.82) is 0 Å². The van der Waals surface area contributed by atoms with Gasteiger partial charge in [-0.2, -0.15) is 35.1 Å². The van der Waals surface area contributed by atoms with E-state index in [1.54, 1.807) is 0 Å². The Hall–Kier alpha value is -1.62. The number of aliphatic carboxylic acids is 1. The predicted molar refractivity (Wildman–Crippen MR) is 46.0 cm³/mol. The van der Waals surface area contributed by atoms with Crippen LogP contribution in [-0.2, 0) is 14.3 Å². The zero-order chi connectivity index (χ0) is 17.3.